The van der Waals surface area contributed by atoms with Crippen molar-refractivity contribution in [1.82, 2.24) is 0 Å². The van der Waals surface area contributed by atoms with Gasteiger partial charge in [-0.2, -0.15) is 0 Å². The third kappa shape index (κ3) is 0.992. The summed E-state index contributed by atoms with van der Waals surface area (Å²) in [4.78, 5) is 0. The molecule has 0 heterocycles. The van der Waals surface area contributed by atoms with Crippen LogP contribution < -0.4 is 17.2 Å². The number of hydrogen-bond donors (Lipinski definition) is 3. The topological polar surface area (TPSA) is 78.1 Å². The molecule has 1 aliphatic carbocycles. The van der Waals surface area contributed by atoms with Crippen molar-refractivity contribution in [2.45, 2.75) is 18.5 Å². The molecule has 0 aromatic carbocycles. The van der Waals surface area contributed by atoms with Gasteiger partial charge in [0.05, 0.1) is 5.66 Å². The van der Waals surface area contributed by atoms with Gasteiger partial charge >= 0.3 is 0 Å². The molecular weight excluding hydrogens is 102 g/mol. The minimum absolute atomic E-state index is 0.400. The fourth-order valence-electron chi connectivity index (χ4n) is 0.787. The smallest absolute Gasteiger partial charge is 0.0791 e. The minimum Gasteiger partial charge on any atom is -0.328 e. The lowest BCUT2D eigenvalue weighted by Crippen LogP contribution is -2.57. The molecule has 0 atom stereocenters. The fraction of sp³-hybridized carbons (Fsp3) is 1.00. The van der Waals surface area contributed by atoms with E-state index in [1.807, 2.05) is 0 Å². The highest BCUT2D eigenvalue weighted by atomic mass is 15.0. The lowest BCUT2D eigenvalue weighted by atomic mass is 10.1. The highest BCUT2D eigenvalue weighted by Gasteiger charge is 2.37. The van der Waals surface area contributed by atoms with E-state index < -0.39 is 5.66 Å². The molecule has 6 N–H and O–H groups in total. The van der Waals surface area contributed by atoms with Crippen LogP contribution in [0, 0.1) is 5.92 Å². The van der Waals surface area contributed by atoms with Crippen molar-refractivity contribution >= 4 is 0 Å². The third-order valence-electron chi connectivity index (χ3n) is 1.69. The summed E-state index contributed by atoms with van der Waals surface area (Å²) in [5, 5.41) is 0. The minimum atomic E-state index is -0.569. The second kappa shape index (κ2) is 1.69. The predicted molar refractivity (Wildman–Crippen MR) is 32.9 cm³/mol. The van der Waals surface area contributed by atoms with Crippen LogP contribution in [0.4, 0.5) is 0 Å². The van der Waals surface area contributed by atoms with Crippen LogP contribution in [0.25, 0.3) is 0 Å². The second-order valence-electron chi connectivity index (χ2n) is 2.59. The summed E-state index contributed by atoms with van der Waals surface area (Å²) < 4.78 is 0. The lowest BCUT2D eigenvalue weighted by molar-refractivity contribution is 0.396. The average Bonchev–Trinajstić information content (AvgIpc) is 2.44. The summed E-state index contributed by atoms with van der Waals surface area (Å²) in [5.74, 6) is 0.493. The van der Waals surface area contributed by atoms with E-state index >= 15 is 0 Å². The molecule has 0 aromatic rings. The Morgan fingerprint density at radius 3 is 2.00 bits per heavy atom. The van der Waals surface area contributed by atoms with Crippen molar-refractivity contribution in [3.8, 4) is 0 Å². The molecule has 1 rings (SSSR count). The van der Waals surface area contributed by atoms with Gasteiger partial charge in [-0.3, -0.25) is 0 Å². The lowest BCUT2D eigenvalue weighted by Gasteiger charge is -2.20. The monoisotopic (exact) mass is 115 g/mol. The molecule has 0 unspecified atom stereocenters. The van der Waals surface area contributed by atoms with Crippen LogP contribution in [-0.2, 0) is 0 Å². The Morgan fingerprint density at radius 2 is 1.88 bits per heavy atom. The Morgan fingerprint density at radius 1 is 1.38 bits per heavy atom. The molecule has 0 saturated heterocycles. The van der Waals surface area contributed by atoms with Crippen molar-refractivity contribution in [3.63, 3.8) is 0 Å². The SMILES string of the molecule is NCC(N)(N)C1CC1. The highest BCUT2D eigenvalue weighted by Crippen LogP contribution is 2.34. The summed E-state index contributed by atoms with van der Waals surface area (Å²) >= 11 is 0. The van der Waals surface area contributed by atoms with E-state index in [9.17, 15) is 0 Å². The Labute approximate surface area is 49.2 Å². The first-order chi connectivity index (χ1) is 3.67. The number of nitrogens with two attached hydrogens (primary N) is 3. The molecule has 48 valence electrons. The van der Waals surface area contributed by atoms with Gasteiger partial charge < -0.3 is 17.2 Å². The molecule has 1 fully saturated rings. The summed E-state index contributed by atoms with van der Waals surface area (Å²) in [6.45, 7) is 0.400. The van der Waals surface area contributed by atoms with E-state index in [4.69, 9.17) is 17.2 Å². The van der Waals surface area contributed by atoms with E-state index in [0.29, 0.717) is 12.5 Å². The standard InChI is InChI=1S/C5H13N3/c6-3-5(7,8)4-1-2-4/h4H,1-3,6-8H2. The van der Waals surface area contributed by atoms with Crippen LogP contribution >= 0.6 is 0 Å². The van der Waals surface area contributed by atoms with Crippen molar-refractivity contribution in [2.24, 2.45) is 23.1 Å². The first-order valence-corrected chi connectivity index (χ1v) is 2.94. The molecule has 3 nitrogen and oxygen atoms in total. The van der Waals surface area contributed by atoms with Gasteiger partial charge in [-0.25, -0.2) is 0 Å². The van der Waals surface area contributed by atoms with Crippen LogP contribution in [0.3, 0.4) is 0 Å². The molecule has 0 radical (unpaired) electrons. The van der Waals surface area contributed by atoms with Crippen molar-refractivity contribution < 1.29 is 0 Å². The first-order valence-electron chi connectivity index (χ1n) is 2.94. The highest BCUT2D eigenvalue weighted by molar-refractivity contribution is 4.94. The molecule has 0 aromatic heterocycles. The molecular formula is C5H13N3. The van der Waals surface area contributed by atoms with Crippen LogP contribution in [0.1, 0.15) is 12.8 Å². The van der Waals surface area contributed by atoms with Gasteiger partial charge in [0.1, 0.15) is 0 Å². The van der Waals surface area contributed by atoms with E-state index in [1.54, 1.807) is 0 Å². The summed E-state index contributed by atoms with van der Waals surface area (Å²) in [6.07, 6.45) is 2.31. The summed E-state index contributed by atoms with van der Waals surface area (Å²) in [5.41, 5.74) is 15.9. The second-order valence-corrected chi connectivity index (χ2v) is 2.59. The maximum Gasteiger partial charge on any atom is 0.0791 e. The Balaban J connectivity index is 2.37. The van der Waals surface area contributed by atoms with Gasteiger partial charge in [-0.1, -0.05) is 0 Å². The van der Waals surface area contributed by atoms with Crippen LogP contribution in [0.15, 0.2) is 0 Å². The van der Waals surface area contributed by atoms with E-state index in [1.165, 1.54) is 0 Å². The van der Waals surface area contributed by atoms with Gasteiger partial charge in [0, 0.05) is 6.54 Å². The summed E-state index contributed by atoms with van der Waals surface area (Å²) in [7, 11) is 0. The van der Waals surface area contributed by atoms with Gasteiger partial charge in [0.15, 0.2) is 0 Å². The number of hydrogen-bond acceptors (Lipinski definition) is 3. The van der Waals surface area contributed by atoms with Crippen LogP contribution in [0.5, 0.6) is 0 Å². The van der Waals surface area contributed by atoms with Gasteiger partial charge in [0.2, 0.25) is 0 Å². The van der Waals surface area contributed by atoms with Gasteiger partial charge in [-0.15, -0.1) is 0 Å². The molecule has 1 saturated carbocycles. The van der Waals surface area contributed by atoms with Gasteiger partial charge in [-0.05, 0) is 18.8 Å². The largest absolute Gasteiger partial charge is 0.328 e. The van der Waals surface area contributed by atoms with Gasteiger partial charge in [0.25, 0.3) is 0 Å². The summed E-state index contributed by atoms with van der Waals surface area (Å²) in [6, 6.07) is 0. The van der Waals surface area contributed by atoms with Crippen LogP contribution in [-0.4, -0.2) is 12.2 Å². The fourth-order valence-corrected chi connectivity index (χ4v) is 0.787. The molecule has 0 aliphatic heterocycles. The van der Waals surface area contributed by atoms with E-state index in [0.717, 1.165) is 12.8 Å². The maximum atomic E-state index is 5.57. The van der Waals surface area contributed by atoms with Crippen LogP contribution in [0.2, 0.25) is 0 Å². The van der Waals surface area contributed by atoms with Crippen molar-refractivity contribution in [1.29, 1.82) is 0 Å². The molecule has 3 heteroatoms. The van der Waals surface area contributed by atoms with E-state index in [2.05, 4.69) is 0 Å². The zero-order chi connectivity index (χ0) is 6.20. The Kier molecular flexibility index (Phi) is 1.27. The zero-order valence-electron chi connectivity index (χ0n) is 4.93. The normalized spacial score (nSPS) is 21.4. The first kappa shape index (κ1) is 6.01. The zero-order valence-corrected chi connectivity index (χ0v) is 4.93. The van der Waals surface area contributed by atoms with Crippen molar-refractivity contribution in [3.05, 3.63) is 0 Å². The Hall–Kier alpha value is -0.120. The average molecular weight is 115 g/mol. The van der Waals surface area contributed by atoms with E-state index in [-0.39, 0.29) is 0 Å². The molecule has 0 bridgehead atoms. The van der Waals surface area contributed by atoms with Crippen molar-refractivity contribution in [2.75, 3.05) is 6.54 Å². The quantitative estimate of drug-likeness (QED) is 0.403. The predicted octanol–water partition coefficient (Wildman–Crippen LogP) is -1.03. The molecule has 1 aliphatic rings. The molecule has 8 heavy (non-hydrogen) atoms. The molecule has 0 spiro atoms. The molecule has 0 amide bonds. The Bertz CT molecular complexity index is 85.7. The third-order valence-corrected chi connectivity index (χ3v) is 1.69. The maximum absolute atomic E-state index is 5.57. The number of rotatable bonds is 2.